The van der Waals surface area contributed by atoms with Crippen molar-refractivity contribution in [1.82, 2.24) is 20.0 Å². The molecule has 4 unspecified atom stereocenters. The molecule has 4 atom stereocenters. The highest BCUT2D eigenvalue weighted by Gasteiger charge is 2.39. The number of hydrogen-bond donors (Lipinski definition) is 1. The minimum absolute atomic E-state index is 0.00744. The van der Waals surface area contributed by atoms with Gasteiger partial charge in [-0.2, -0.15) is 0 Å². The van der Waals surface area contributed by atoms with Gasteiger partial charge in [0.15, 0.2) is 0 Å². The molecule has 1 saturated heterocycles. The number of nitrogens with zero attached hydrogens (tertiary/aromatic N) is 3. The average Bonchev–Trinajstić information content (AvgIpc) is 3.03. The van der Waals surface area contributed by atoms with Gasteiger partial charge in [0.1, 0.15) is 12.1 Å². The van der Waals surface area contributed by atoms with Crippen molar-refractivity contribution in [3.8, 4) is 0 Å². The van der Waals surface area contributed by atoms with E-state index in [1.807, 2.05) is 65.4 Å². The molecule has 174 valence electrons. The summed E-state index contributed by atoms with van der Waals surface area (Å²) in [5.41, 5.74) is 0. The summed E-state index contributed by atoms with van der Waals surface area (Å²) >= 11 is 0. The quantitative estimate of drug-likeness (QED) is 0.616. The van der Waals surface area contributed by atoms with E-state index >= 15 is 0 Å². The zero-order valence-corrected chi connectivity index (χ0v) is 20.7. The van der Waals surface area contributed by atoms with Crippen LogP contribution in [0.15, 0.2) is 0 Å². The van der Waals surface area contributed by atoms with Crippen molar-refractivity contribution < 1.29 is 14.4 Å². The topological polar surface area (TPSA) is 73.0 Å². The molecule has 0 aliphatic carbocycles. The van der Waals surface area contributed by atoms with Gasteiger partial charge >= 0.3 is 0 Å². The first kappa shape index (κ1) is 26.4. The van der Waals surface area contributed by atoms with Crippen molar-refractivity contribution >= 4 is 17.7 Å². The molecule has 0 radical (unpaired) electrons. The van der Waals surface area contributed by atoms with Gasteiger partial charge in [-0.05, 0) is 51.6 Å². The molecular formula is C23H44N4O3. The van der Waals surface area contributed by atoms with Crippen LogP contribution in [0.3, 0.4) is 0 Å². The van der Waals surface area contributed by atoms with Crippen molar-refractivity contribution in [3.05, 3.63) is 0 Å². The maximum absolute atomic E-state index is 13.5. The third-order valence-corrected chi connectivity index (χ3v) is 6.17. The van der Waals surface area contributed by atoms with Crippen LogP contribution in [0.4, 0.5) is 0 Å². The molecule has 30 heavy (non-hydrogen) atoms. The van der Waals surface area contributed by atoms with Crippen LogP contribution in [0.5, 0.6) is 0 Å². The number of likely N-dealkylation sites (N-methyl/N-ethyl adjacent to an activating group) is 2. The molecule has 0 saturated carbocycles. The highest BCUT2D eigenvalue weighted by atomic mass is 16.2. The monoisotopic (exact) mass is 424 g/mol. The predicted octanol–water partition coefficient (Wildman–Crippen LogP) is 2.21. The van der Waals surface area contributed by atoms with E-state index in [1.165, 1.54) is 0 Å². The summed E-state index contributed by atoms with van der Waals surface area (Å²) in [4.78, 5) is 45.0. The van der Waals surface area contributed by atoms with E-state index in [9.17, 15) is 14.4 Å². The molecular weight excluding hydrogens is 380 g/mol. The van der Waals surface area contributed by atoms with E-state index in [2.05, 4.69) is 12.2 Å². The second-order valence-corrected chi connectivity index (χ2v) is 10.0. The van der Waals surface area contributed by atoms with Gasteiger partial charge in [-0.1, -0.05) is 41.5 Å². The number of hydrogen-bond acceptors (Lipinski definition) is 4. The number of carbonyl (C=O) groups is 3. The van der Waals surface area contributed by atoms with Gasteiger partial charge in [-0.3, -0.25) is 19.3 Å². The Hall–Kier alpha value is -1.63. The highest BCUT2D eigenvalue weighted by molar-refractivity contribution is 5.93. The molecule has 7 nitrogen and oxygen atoms in total. The molecule has 1 aliphatic heterocycles. The first-order valence-electron chi connectivity index (χ1n) is 11.3. The fraction of sp³-hybridized carbons (Fsp3) is 0.870. The fourth-order valence-corrected chi connectivity index (χ4v) is 4.57. The van der Waals surface area contributed by atoms with E-state index in [0.717, 1.165) is 19.4 Å². The summed E-state index contributed by atoms with van der Waals surface area (Å²) in [6.07, 6.45) is 2.00. The van der Waals surface area contributed by atoms with E-state index in [-0.39, 0.29) is 47.6 Å². The Balaban J connectivity index is 3.07. The van der Waals surface area contributed by atoms with Crippen LogP contribution in [-0.4, -0.2) is 84.3 Å². The first-order valence-corrected chi connectivity index (χ1v) is 11.3. The summed E-state index contributed by atoms with van der Waals surface area (Å²) in [5, 5.41) is 2.97. The minimum atomic E-state index is -0.672. The standard InChI is InChI=1S/C23H44N4O3/c1-14(2)18(24-21(28)19(15(3)4)25(8)9)22(29)26(10)20(16(5)6)23(30)27-13-11-12-17(27)7/h14-20H,11-13H2,1-10H3,(H,24,28). The molecule has 0 bridgehead atoms. The molecule has 1 fully saturated rings. The Labute approximate surface area is 183 Å². The van der Waals surface area contributed by atoms with E-state index in [4.69, 9.17) is 0 Å². The lowest BCUT2D eigenvalue weighted by atomic mass is 9.96. The molecule has 0 spiro atoms. The number of likely N-dealkylation sites (tertiary alicyclic amines) is 1. The summed E-state index contributed by atoms with van der Waals surface area (Å²) in [6, 6.07) is -1.33. The van der Waals surface area contributed by atoms with Gasteiger partial charge in [0.25, 0.3) is 0 Å². The van der Waals surface area contributed by atoms with Gasteiger partial charge in [0, 0.05) is 19.6 Å². The second kappa shape index (κ2) is 11.1. The van der Waals surface area contributed by atoms with Crippen LogP contribution in [0.1, 0.15) is 61.3 Å². The molecule has 0 aromatic rings. The third-order valence-electron chi connectivity index (χ3n) is 6.17. The molecule has 7 heteroatoms. The Morgan fingerprint density at radius 1 is 0.900 bits per heavy atom. The Kier molecular flexibility index (Phi) is 9.79. The maximum Gasteiger partial charge on any atom is 0.245 e. The van der Waals surface area contributed by atoms with Gasteiger partial charge in [-0.25, -0.2) is 0 Å². The fourth-order valence-electron chi connectivity index (χ4n) is 4.57. The molecule has 1 rings (SSSR count). The lowest BCUT2D eigenvalue weighted by Gasteiger charge is -2.38. The minimum Gasteiger partial charge on any atom is -0.343 e. The van der Waals surface area contributed by atoms with Crippen LogP contribution in [0.25, 0.3) is 0 Å². The van der Waals surface area contributed by atoms with Crippen molar-refractivity contribution in [2.24, 2.45) is 17.8 Å². The number of rotatable bonds is 9. The zero-order chi connectivity index (χ0) is 23.3. The Bertz CT molecular complexity index is 595. The van der Waals surface area contributed by atoms with Crippen molar-refractivity contribution in [3.63, 3.8) is 0 Å². The largest absolute Gasteiger partial charge is 0.343 e. The van der Waals surface area contributed by atoms with Gasteiger partial charge in [-0.15, -0.1) is 0 Å². The summed E-state index contributed by atoms with van der Waals surface area (Å²) in [6.45, 7) is 14.6. The summed E-state index contributed by atoms with van der Waals surface area (Å²) < 4.78 is 0. The molecule has 0 aromatic heterocycles. The van der Waals surface area contributed by atoms with E-state index in [1.54, 1.807) is 11.9 Å². The van der Waals surface area contributed by atoms with E-state index in [0.29, 0.717) is 0 Å². The lowest BCUT2D eigenvalue weighted by Crippen LogP contribution is -2.60. The number of carbonyl (C=O) groups excluding carboxylic acids is 3. The predicted molar refractivity (Wildman–Crippen MR) is 121 cm³/mol. The molecule has 1 N–H and O–H groups in total. The van der Waals surface area contributed by atoms with Crippen molar-refractivity contribution in [2.45, 2.75) is 85.5 Å². The van der Waals surface area contributed by atoms with Gasteiger partial charge < -0.3 is 15.1 Å². The third kappa shape index (κ3) is 6.19. The number of nitrogens with one attached hydrogen (secondary N) is 1. The van der Waals surface area contributed by atoms with Gasteiger partial charge in [0.05, 0.1) is 6.04 Å². The Morgan fingerprint density at radius 3 is 1.80 bits per heavy atom. The zero-order valence-electron chi connectivity index (χ0n) is 20.7. The SMILES string of the molecule is CC(C)C(NC(=O)C(C(C)C)N(C)C)C(=O)N(C)C(C(=O)N1CCCC1C)C(C)C. The smallest absolute Gasteiger partial charge is 0.245 e. The summed E-state index contributed by atoms with van der Waals surface area (Å²) in [7, 11) is 5.43. The van der Waals surface area contributed by atoms with Crippen LogP contribution in [0, 0.1) is 17.8 Å². The van der Waals surface area contributed by atoms with Crippen LogP contribution in [0.2, 0.25) is 0 Å². The van der Waals surface area contributed by atoms with E-state index < -0.39 is 12.1 Å². The normalized spacial score (nSPS) is 20.1. The van der Waals surface area contributed by atoms with Crippen LogP contribution < -0.4 is 5.32 Å². The highest BCUT2D eigenvalue weighted by Crippen LogP contribution is 2.23. The van der Waals surface area contributed by atoms with Crippen molar-refractivity contribution in [2.75, 3.05) is 27.7 Å². The van der Waals surface area contributed by atoms with Gasteiger partial charge in [0.2, 0.25) is 17.7 Å². The van der Waals surface area contributed by atoms with Crippen molar-refractivity contribution in [1.29, 1.82) is 0 Å². The average molecular weight is 425 g/mol. The maximum atomic E-state index is 13.5. The molecule has 3 amide bonds. The summed E-state index contributed by atoms with van der Waals surface area (Å²) in [5.74, 6) is -0.356. The molecule has 1 heterocycles. The molecule has 1 aliphatic rings. The van der Waals surface area contributed by atoms with Crippen LogP contribution >= 0.6 is 0 Å². The second-order valence-electron chi connectivity index (χ2n) is 10.0. The number of amides is 3. The lowest BCUT2D eigenvalue weighted by molar-refractivity contribution is -0.149. The molecule has 0 aromatic carbocycles. The first-order chi connectivity index (χ1) is 13.8. The Morgan fingerprint density at radius 2 is 1.43 bits per heavy atom. The van der Waals surface area contributed by atoms with Crippen LogP contribution in [-0.2, 0) is 14.4 Å².